The van der Waals surface area contributed by atoms with Crippen LogP contribution >= 0.6 is 0 Å². The Morgan fingerprint density at radius 3 is 2.68 bits per heavy atom. The fourth-order valence-electron chi connectivity index (χ4n) is 4.52. The second kappa shape index (κ2) is 8.43. The minimum Gasteiger partial charge on any atom is -0.466 e. The van der Waals surface area contributed by atoms with E-state index >= 15 is 0 Å². The van der Waals surface area contributed by atoms with Crippen molar-refractivity contribution in [3.05, 3.63) is 28.3 Å². The van der Waals surface area contributed by atoms with E-state index < -0.39 is 22.3 Å². The largest absolute Gasteiger partial charge is 0.466 e. The quantitative estimate of drug-likeness (QED) is 0.398. The normalized spacial score (nSPS) is 25.3. The highest BCUT2D eigenvalue weighted by molar-refractivity contribution is 6.15. The van der Waals surface area contributed by atoms with Crippen LogP contribution in [0.25, 0.3) is 0 Å². The number of carbonyl (C=O) groups excluding carboxylic acids is 2. The van der Waals surface area contributed by atoms with Gasteiger partial charge in [0.1, 0.15) is 5.75 Å². The van der Waals surface area contributed by atoms with Crippen molar-refractivity contribution in [1.82, 2.24) is 10.2 Å². The van der Waals surface area contributed by atoms with Gasteiger partial charge in [0.25, 0.3) is 23.1 Å². The maximum absolute atomic E-state index is 13.1. The summed E-state index contributed by atoms with van der Waals surface area (Å²) < 4.78 is 11.3. The SMILES string of the molecule is CC1(C(=O)NCC2(CN3CCCC3)CCOCC2)Oc2ccc([N+](=O)[O-])cc2NC1=O. The van der Waals surface area contributed by atoms with Crippen LogP contribution in [0.3, 0.4) is 0 Å². The zero-order chi connectivity index (χ0) is 22.1. The average molecular weight is 432 g/mol. The lowest BCUT2D eigenvalue weighted by atomic mass is 9.79. The highest BCUT2D eigenvalue weighted by Gasteiger charge is 2.48. The standard InChI is InChI=1S/C21H28N4O6/c1-20(19(27)23-16-12-15(25(28)29)4-5-17(16)31-20)18(26)22-13-21(6-10-30-11-7-21)14-24-8-2-3-9-24/h4-5,12H,2-3,6-11,13-14H2,1H3,(H,22,26)(H,23,27). The first-order valence-electron chi connectivity index (χ1n) is 10.7. The molecule has 1 unspecified atom stereocenters. The predicted molar refractivity (Wildman–Crippen MR) is 112 cm³/mol. The molecule has 10 nitrogen and oxygen atoms in total. The lowest BCUT2D eigenvalue weighted by Gasteiger charge is -2.41. The number of nitro benzene ring substituents is 1. The van der Waals surface area contributed by atoms with E-state index in [0.29, 0.717) is 19.8 Å². The van der Waals surface area contributed by atoms with Crippen LogP contribution in [0.15, 0.2) is 18.2 Å². The molecule has 10 heteroatoms. The number of ether oxygens (including phenoxy) is 2. The summed E-state index contributed by atoms with van der Waals surface area (Å²) in [5, 5.41) is 16.5. The molecule has 2 amide bonds. The van der Waals surface area contributed by atoms with Crippen LogP contribution in [-0.2, 0) is 14.3 Å². The van der Waals surface area contributed by atoms with Gasteiger partial charge in [0.2, 0.25) is 0 Å². The van der Waals surface area contributed by atoms with Gasteiger partial charge in [-0.3, -0.25) is 19.7 Å². The number of hydrogen-bond acceptors (Lipinski definition) is 7. The molecule has 0 radical (unpaired) electrons. The van der Waals surface area contributed by atoms with Gasteiger partial charge in [-0.2, -0.15) is 0 Å². The first-order valence-corrected chi connectivity index (χ1v) is 10.7. The van der Waals surface area contributed by atoms with Gasteiger partial charge in [-0.1, -0.05) is 0 Å². The van der Waals surface area contributed by atoms with Crippen molar-refractivity contribution in [1.29, 1.82) is 0 Å². The summed E-state index contributed by atoms with van der Waals surface area (Å²) in [7, 11) is 0. The second-order valence-corrected chi connectivity index (χ2v) is 8.81. The Morgan fingerprint density at radius 2 is 2.00 bits per heavy atom. The summed E-state index contributed by atoms with van der Waals surface area (Å²) in [6.07, 6.45) is 4.09. The summed E-state index contributed by atoms with van der Waals surface area (Å²) in [4.78, 5) is 38.7. The minimum atomic E-state index is -1.76. The second-order valence-electron chi connectivity index (χ2n) is 8.81. The maximum Gasteiger partial charge on any atom is 0.278 e. The van der Waals surface area contributed by atoms with Crippen LogP contribution in [-0.4, -0.2) is 66.6 Å². The zero-order valence-electron chi connectivity index (χ0n) is 17.6. The highest BCUT2D eigenvalue weighted by atomic mass is 16.6. The number of carbonyl (C=O) groups is 2. The number of rotatable bonds is 6. The summed E-state index contributed by atoms with van der Waals surface area (Å²) in [6, 6.07) is 3.89. The Morgan fingerprint density at radius 1 is 1.29 bits per heavy atom. The van der Waals surface area contributed by atoms with E-state index in [1.165, 1.54) is 38.0 Å². The van der Waals surface area contributed by atoms with Crippen molar-refractivity contribution < 1.29 is 24.0 Å². The molecule has 0 bridgehead atoms. The molecule has 1 aromatic carbocycles. The molecule has 2 saturated heterocycles. The van der Waals surface area contributed by atoms with Crippen LogP contribution in [0.1, 0.15) is 32.6 Å². The van der Waals surface area contributed by atoms with Gasteiger partial charge in [-0.05, 0) is 51.8 Å². The molecule has 3 aliphatic heterocycles. The lowest BCUT2D eigenvalue weighted by molar-refractivity contribution is -0.384. The number of hydrogen-bond donors (Lipinski definition) is 2. The van der Waals surface area contributed by atoms with Crippen molar-refractivity contribution in [2.45, 2.75) is 38.2 Å². The average Bonchev–Trinajstić information content (AvgIpc) is 3.26. The Kier molecular flexibility index (Phi) is 5.85. The molecule has 2 N–H and O–H groups in total. The van der Waals surface area contributed by atoms with E-state index in [-0.39, 0.29) is 22.5 Å². The number of fused-ring (bicyclic) bond motifs is 1. The zero-order valence-corrected chi connectivity index (χ0v) is 17.6. The third kappa shape index (κ3) is 4.35. The molecule has 0 spiro atoms. The van der Waals surface area contributed by atoms with Crippen molar-refractivity contribution in [3.8, 4) is 5.75 Å². The maximum atomic E-state index is 13.1. The van der Waals surface area contributed by atoms with Crippen LogP contribution in [0.4, 0.5) is 11.4 Å². The molecular weight excluding hydrogens is 404 g/mol. The molecule has 3 heterocycles. The van der Waals surface area contributed by atoms with Crippen LogP contribution < -0.4 is 15.4 Å². The molecule has 168 valence electrons. The summed E-state index contributed by atoms with van der Waals surface area (Å²) in [5.74, 6) is -0.958. The van der Waals surface area contributed by atoms with E-state index in [4.69, 9.17) is 9.47 Å². The fraction of sp³-hybridized carbons (Fsp3) is 0.619. The van der Waals surface area contributed by atoms with Gasteiger partial charge in [0, 0.05) is 43.9 Å². The highest BCUT2D eigenvalue weighted by Crippen LogP contribution is 2.37. The fourth-order valence-corrected chi connectivity index (χ4v) is 4.52. The van der Waals surface area contributed by atoms with E-state index in [1.807, 2.05) is 0 Å². The van der Waals surface area contributed by atoms with Gasteiger partial charge in [0.05, 0.1) is 10.6 Å². The van der Waals surface area contributed by atoms with Crippen LogP contribution in [0.2, 0.25) is 0 Å². The number of nitrogens with one attached hydrogen (secondary N) is 2. The van der Waals surface area contributed by atoms with Crippen molar-refractivity contribution >= 4 is 23.2 Å². The van der Waals surface area contributed by atoms with E-state index in [9.17, 15) is 19.7 Å². The first kappa shape index (κ1) is 21.5. The topological polar surface area (TPSA) is 123 Å². The molecular formula is C21H28N4O6. The van der Waals surface area contributed by atoms with Gasteiger partial charge >= 0.3 is 0 Å². The summed E-state index contributed by atoms with van der Waals surface area (Å²) >= 11 is 0. The number of benzene rings is 1. The van der Waals surface area contributed by atoms with Crippen LogP contribution in [0, 0.1) is 15.5 Å². The summed E-state index contributed by atoms with van der Waals surface area (Å²) in [5.41, 5.74) is -1.85. The first-order chi connectivity index (χ1) is 14.8. The number of nitrogens with zero attached hydrogens (tertiary/aromatic N) is 2. The van der Waals surface area contributed by atoms with Gasteiger partial charge in [-0.25, -0.2) is 0 Å². The predicted octanol–water partition coefficient (Wildman–Crippen LogP) is 1.69. The number of amides is 2. The monoisotopic (exact) mass is 432 g/mol. The molecule has 1 atom stereocenters. The number of nitro groups is 1. The van der Waals surface area contributed by atoms with Crippen LogP contribution in [0.5, 0.6) is 5.75 Å². The molecule has 31 heavy (non-hydrogen) atoms. The lowest BCUT2D eigenvalue weighted by Crippen LogP contribution is -2.60. The molecule has 1 aromatic rings. The third-order valence-electron chi connectivity index (χ3n) is 6.54. The number of anilines is 1. The molecule has 0 aromatic heterocycles. The van der Waals surface area contributed by atoms with E-state index in [0.717, 1.165) is 32.5 Å². The van der Waals surface area contributed by atoms with E-state index in [1.54, 1.807) is 0 Å². The number of likely N-dealkylation sites (tertiary alicyclic amines) is 1. The van der Waals surface area contributed by atoms with Gasteiger partial charge < -0.3 is 25.0 Å². The molecule has 0 aliphatic carbocycles. The smallest absolute Gasteiger partial charge is 0.278 e. The van der Waals surface area contributed by atoms with Crippen molar-refractivity contribution in [2.24, 2.45) is 5.41 Å². The van der Waals surface area contributed by atoms with Crippen molar-refractivity contribution in [3.63, 3.8) is 0 Å². The molecule has 2 fully saturated rings. The Labute approximate surface area is 180 Å². The molecule has 4 rings (SSSR count). The molecule has 3 aliphatic rings. The Balaban J connectivity index is 1.46. The Hall–Kier alpha value is -2.72. The third-order valence-corrected chi connectivity index (χ3v) is 6.54. The van der Waals surface area contributed by atoms with E-state index in [2.05, 4.69) is 15.5 Å². The summed E-state index contributed by atoms with van der Waals surface area (Å²) in [6.45, 7) is 6.21. The Bertz CT molecular complexity index is 879. The van der Waals surface area contributed by atoms with Gasteiger partial charge in [-0.15, -0.1) is 0 Å². The molecule has 0 saturated carbocycles. The van der Waals surface area contributed by atoms with Gasteiger partial charge in [0.15, 0.2) is 0 Å². The minimum absolute atomic E-state index is 0.0989. The van der Waals surface area contributed by atoms with Crippen molar-refractivity contribution in [2.75, 3.05) is 44.7 Å². The number of non-ortho nitro benzene ring substituents is 1.